The first kappa shape index (κ1) is 23.0. The Morgan fingerprint density at radius 1 is 1.06 bits per heavy atom. The Morgan fingerprint density at radius 2 is 1.85 bits per heavy atom. The van der Waals surface area contributed by atoms with Crippen molar-refractivity contribution in [3.05, 3.63) is 94.0 Å². The minimum Gasteiger partial charge on any atom is -0.483 e. The lowest BCUT2D eigenvalue weighted by molar-refractivity contribution is 0.0691. The highest BCUT2D eigenvalue weighted by molar-refractivity contribution is 5.87. The fourth-order valence-electron chi connectivity index (χ4n) is 4.40. The number of benzene rings is 2. The molecule has 0 bridgehead atoms. The maximum Gasteiger partial charge on any atom is 0.319 e. The summed E-state index contributed by atoms with van der Waals surface area (Å²) in [7, 11) is 1.93. The topological polar surface area (TPSA) is 39.4 Å². The number of hydrogen-bond donors (Lipinski definition) is 0. The van der Waals surface area contributed by atoms with Gasteiger partial charge in [0.15, 0.2) is 5.75 Å². The van der Waals surface area contributed by atoms with Crippen LogP contribution in [0.15, 0.2) is 71.7 Å². The van der Waals surface area contributed by atoms with Crippen molar-refractivity contribution in [2.24, 2.45) is 0 Å². The van der Waals surface area contributed by atoms with Crippen LogP contribution < -0.4 is 10.3 Å². The number of ether oxygens (including phenoxy) is 1. The normalized spacial score (nSPS) is 13.7. The van der Waals surface area contributed by atoms with Crippen LogP contribution in [-0.2, 0) is 19.6 Å². The summed E-state index contributed by atoms with van der Waals surface area (Å²) in [5.74, 6) is 0.210. The summed E-state index contributed by atoms with van der Waals surface area (Å²) in [5, 5.41) is 0.821. The van der Waals surface area contributed by atoms with E-state index in [-0.39, 0.29) is 30.3 Å². The van der Waals surface area contributed by atoms with Crippen molar-refractivity contribution in [3.8, 4) is 11.4 Å². The van der Waals surface area contributed by atoms with Crippen LogP contribution in [0.1, 0.15) is 23.4 Å². The molecule has 5 rings (SSSR count). The highest BCUT2D eigenvalue weighted by atomic mass is 35.5. The summed E-state index contributed by atoms with van der Waals surface area (Å²) in [5.41, 5.74) is 3.21. The summed E-state index contributed by atoms with van der Waals surface area (Å²) in [6.45, 7) is -1.07. The van der Waals surface area contributed by atoms with Crippen LogP contribution in [0.4, 0.5) is 8.78 Å². The molecular formula is C25H24ClF2N3O2. The highest BCUT2D eigenvalue weighted by Gasteiger charge is 2.26. The van der Waals surface area contributed by atoms with Gasteiger partial charge in [-0.1, -0.05) is 36.4 Å². The Balaban J connectivity index is 0.00000259. The molecule has 2 aromatic heterocycles. The molecule has 4 aromatic rings. The van der Waals surface area contributed by atoms with E-state index in [4.69, 9.17) is 4.74 Å². The summed E-state index contributed by atoms with van der Waals surface area (Å²) in [6.07, 6.45) is 2.35. The van der Waals surface area contributed by atoms with Crippen molar-refractivity contribution in [2.45, 2.75) is 26.1 Å². The van der Waals surface area contributed by atoms with E-state index in [1.165, 1.54) is 4.57 Å². The Morgan fingerprint density at radius 3 is 2.61 bits per heavy atom. The number of rotatable bonds is 5. The molecule has 0 atom stereocenters. The zero-order valence-electron chi connectivity index (χ0n) is 18.1. The molecule has 0 N–H and O–H groups in total. The molecule has 0 spiro atoms. The Kier molecular flexibility index (Phi) is 6.54. The van der Waals surface area contributed by atoms with Gasteiger partial charge in [0.25, 0.3) is 5.56 Å². The molecule has 0 unspecified atom stereocenters. The van der Waals surface area contributed by atoms with Crippen molar-refractivity contribution < 1.29 is 13.5 Å². The largest absolute Gasteiger partial charge is 0.483 e. The predicted molar refractivity (Wildman–Crippen MR) is 127 cm³/mol. The summed E-state index contributed by atoms with van der Waals surface area (Å²) >= 11 is 0. The molecule has 0 radical (unpaired) electrons. The van der Waals surface area contributed by atoms with Crippen LogP contribution in [0, 0.1) is 0 Å². The van der Waals surface area contributed by atoms with Crippen LogP contribution in [0.2, 0.25) is 0 Å². The number of halogens is 3. The van der Waals surface area contributed by atoms with Crippen molar-refractivity contribution >= 4 is 23.3 Å². The zero-order chi connectivity index (χ0) is 22.2. The van der Waals surface area contributed by atoms with Crippen LogP contribution in [0.3, 0.4) is 0 Å². The molecule has 1 aliphatic heterocycles. The number of hydrogen-bond acceptors (Lipinski definition) is 3. The molecule has 0 aliphatic carbocycles. The minimum absolute atomic E-state index is 0. The van der Waals surface area contributed by atoms with Crippen LogP contribution >= 0.6 is 12.4 Å². The van der Waals surface area contributed by atoms with E-state index in [1.54, 1.807) is 30.5 Å². The lowest BCUT2D eigenvalue weighted by atomic mass is 10.0. The Labute approximate surface area is 196 Å². The Bertz CT molecular complexity index is 1330. The van der Waals surface area contributed by atoms with Gasteiger partial charge in [-0.25, -0.2) is 0 Å². The number of aromatic nitrogens is 2. The van der Waals surface area contributed by atoms with Gasteiger partial charge in [0, 0.05) is 30.4 Å². The number of likely N-dealkylation sites (N-methyl/N-ethyl adjacent to an activating group) is 1. The maximum absolute atomic E-state index is 14.0. The molecule has 0 saturated carbocycles. The zero-order valence-corrected chi connectivity index (χ0v) is 18.9. The van der Waals surface area contributed by atoms with Gasteiger partial charge in [-0.05, 0) is 48.9 Å². The van der Waals surface area contributed by atoms with E-state index >= 15 is 0 Å². The first-order chi connectivity index (χ1) is 15.5. The summed E-state index contributed by atoms with van der Waals surface area (Å²) < 4.78 is 36.4. The first-order valence-electron chi connectivity index (χ1n) is 10.5. The average Bonchev–Trinajstić information content (AvgIpc) is 3.11. The quantitative estimate of drug-likeness (QED) is 0.403. The van der Waals surface area contributed by atoms with Crippen molar-refractivity contribution in [1.82, 2.24) is 14.0 Å². The lowest BCUT2D eigenvalue weighted by Crippen LogP contribution is -2.27. The molecule has 0 amide bonds. The second-order valence-corrected chi connectivity index (χ2v) is 8.08. The smallest absolute Gasteiger partial charge is 0.319 e. The van der Waals surface area contributed by atoms with Crippen LogP contribution in [0.25, 0.3) is 16.6 Å². The van der Waals surface area contributed by atoms with Crippen molar-refractivity contribution in [3.63, 3.8) is 0 Å². The molecule has 1 aliphatic rings. The second kappa shape index (κ2) is 9.37. The number of nitrogens with zero attached hydrogens (tertiary/aromatic N) is 3. The summed E-state index contributed by atoms with van der Waals surface area (Å²) in [6, 6.07) is 18.2. The number of pyridine rings is 1. The van der Waals surface area contributed by atoms with Gasteiger partial charge in [-0.15, -0.1) is 12.4 Å². The average molecular weight is 472 g/mol. The van der Waals surface area contributed by atoms with E-state index in [9.17, 15) is 13.6 Å². The highest BCUT2D eigenvalue weighted by Crippen LogP contribution is 2.35. The first-order valence-corrected chi connectivity index (χ1v) is 10.5. The number of alkyl halides is 2. The third-order valence-corrected chi connectivity index (χ3v) is 5.99. The van der Waals surface area contributed by atoms with Gasteiger partial charge in [-0.3, -0.25) is 13.9 Å². The van der Waals surface area contributed by atoms with Gasteiger partial charge in [0.2, 0.25) is 0 Å². The van der Waals surface area contributed by atoms with E-state index < -0.39 is 6.55 Å². The number of fused-ring (bicyclic) bond motifs is 3. The van der Waals surface area contributed by atoms with E-state index in [1.807, 2.05) is 48.3 Å². The lowest BCUT2D eigenvalue weighted by Gasteiger charge is -2.24. The SMILES string of the molecule is CN1CCc2c(n(C(F)F)c3cc(-n4cccc(OCc5ccccc5)c4=O)ccc23)C1.Cl. The fourth-order valence-corrected chi connectivity index (χ4v) is 4.40. The molecule has 0 fully saturated rings. The van der Waals surface area contributed by atoms with Gasteiger partial charge >= 0.3 is 6.55 Å². The minimum atomic E-state index is -2.65. The predicted octanol–water partition coefficient (Wildman–Crippen LogP) is 5.18. The molecular weight excluding hydrogens is 448 g/mol. The monoisotopic (exact) mass is 471 g/mol. The van der Waals surface area contributed by atoms with Gasteiger partial charge < -0.3 is 9.64 Å². The van der Waals surface area contributed by atoms with Crippen LogP contribution in [-0.4, -0.2) is 27.6 Å². The maximum atomic E-state index is 14.0. The third-order valence-electron chi connectivity index (χ3n) is 5.99. The van der Waals surface area contributed by atoms with Crippen molar-refractivity contribution in [1.29, 1.82) is 0 Å². The fraction of sp³-hybridized carbons (Fsp3) is 0.240. The van der Waals surface area contributed by atoms with Crippen LogP contribution in [0.5, 0.6) is 5.75 Å². The molecule has 0 saturated heterocycles. The molecule has 5 nitrogen and oxygen atoms in total. The van der Waals surface area contributed by atoms with E-state index in [0.717, 1.165) is 34.0 Å². The molecule has 8 heteroatoms. The van der Waals surface area contributed by atoms with Gasteiger partial charge in [0.05, 0.1) is 11.2 Å². The third kappa shape index (κ3) is 4.26. The molecule has 33 heavy (non-hydrogen) atoms. The van der Waals surface area contributed by atoms with E-state index in [0.29, 0.717) is 23.4 Å². The van der Waals surface area contributed by atoms with Crippen molar-refractivity contribution in [2.75, 3.05) is 13.6 Å². The van der Waals surface area contributed by atoms with Gasteiger partial charge in [-0.2, -0.15) is 8.78 Å². The molecule has 3 heterocycles. The standard InChI is InChI=1S/C25H23F2N3O2.ClH/c1-28-13-11-20-19-10-9-18(14-21(19)30(25(26)27)22(20)15-28)29-12-5-8-23(24(29)31)32-16-17-6-3-2-4-7-17;/h2-10,12,14,25H,11,13,15-16H2,1H3;1H. The summed E-state index contributed by atoms with van der Waals surface area (Å²) in [4.78, 5) is 15.1. The van der Waals surface area contributed by atoms with Gasteiger partial charge in [0.1, 0.15) is 6.61 Å². The molecule has 172 valence electrons. The molecule has 2 aromatic carbocycles. The Hall–Kier alpha value is -3.16. The van der Waals surface area contributed by atoms with E-state index in [2.05, 4.69) is 0 Å². The second-order valence-electron chi connectivity index (χ2n) is 8.08.